The van der Waals surface area contributed by atoms with E-state index in [2.05, 4.69) is 165 Å². The Morgan fingerprint density at radius 1 is 0.733 bits per heavy atom. The van der Waals surface area contributed by atoms with Crippen LogP contribution in [0.4, 0.5) is 0 Å². The van der Waals surface area contributed by atoms with Crippen LogP contribution in [0.2, 0.25) is 0 Å². The summed E-state index contributed by atoms with van der Waals surface area (Å²) in [6.07, 6.45) is 7.87. The molecule has 5 aromatic rings. The van der Waals surface area contributed by atoms with Gasteiger partial charge >= 0.3 is 99.2 Å². The third kappa shape index (κ3) is 8.11. The summed E-state index contributed by atoms with van der Waals surface area (Å²) < 4.78 is 1.42. The molecule has 0 unspecified atom stereocenters. The first kappa shape index (κ1) is 37.0. The normalized spacial score (nSPS) is 12.8. The fraction of sp³-hybridized carbons (Fsp3) is 0.286. The van der Waals surface area contributed by atoms with Gasteiger partial charge in [-0.25, -0.2) is 0 Å². The van der Waals surface area contributed by atoms with Crippen molar-refractivity contribution < 1.29 is 49.0 Å². The molecule has 0 radical (unpaired) electrons. The Balaban J connectivity index is 0.000000292. The predicted molar refractivity (Wildman–Crippen MR) is 186 cm³/mol. The average Bonchev–Trinajstić information content (AvgIpc) is 3.64. The van der Waals surface area contributed by atoms with E-state index in [1.165, 1.54) is 87.9 Å². The maximum absolute atomic E-state index is 2.49. The van der Waals surface area contributed by atoms with Gasteiger partial charge in [0, 0.05) is 0 Å². The molecule has 0 fully saturated rings. The third-order valence-corrected chi connectivity index (χ3v) is 9.91. The minimum absolute atomic E-state index is 0. The molecule has 1 aliphatic carbocycles. The Morgan fingerprint density at radius 3 is 1.78 bits per heavy atom. The van der Waals surface area contributed by atoms with Gasteiger partial charge in [0.2, 0.25) is 0 Å². The first-order valence-electron chi connectivity index (χ1n) is 15.6. The van der Waals surface area contributed by atoms with Crippen LogP contribution in [0.15, 0.2) is 109 Å². The Morgan fingerprint density at radius 2 is 1.31 bits per heavy atom. The van der Waals surface area contributed by atoms with Crippen molar-refractivity contribution in [3.63, 3.8) is 0 Å². The number of halogens is 2. The van der Waals surface area contributed by atoms with Gasteiger partial charge in [0.15, 0.2) is 0 Å². The van der Waals surface area contributed by atoms with Crippen LogP contribution in [-0.4, -0.2) is 3.21 Å². The zero-order valence-corrected chi connectivity index (χ0v) is 31.9. The predicted octanol–water partition coefficient (Wildman–Crippen LogP) is 5.58. The van der Waals surface area contributed by atoms with E-state index >= 15 is 0 Å². The van der Waals surface area contributed by atoms with Crippen molar-refractivity contribution in [1.29, 1.82) is 0 Å². The van der Waals surface area contributed by atoms with Crippen LogP contribution in [0.5, 0.6) is 0 Å². The number of allylic oxidation sites excluding steroid dienone is 4. The molecular formula is C42H45Cl2Zr-. The van der Waals surface area contributed by atoms with Crippen LogP contribution in [0, 0.1) is 0 Å². The first-order valence-corrected chi connectivity index (χ1v) is 16.9. The Kier molecular flexibility index (Phi) is 12.3. The van der Waals surface area contributed by atoms with E-state index in [0.717, 1.165) is 6.42 Å². The molecule has 0 nitrogen and oxygen atoms in total. The summed E-state index contributed by atoms with van der Waals surface area (Å²) in [6.45, 7) is 18.7. The second-order valence-corrected chi connectivity index (χ2v) is 15.4. The zero-order chi connectivity index (χ0) is 30.9. The summed E-state index contributed by atoms with van der Waals surface area (Å²) in [6, 6.07) is 33.1. The second kappa shape index (κ2) is 15.0. The number of rotatable bonds is 4. The SMILES string of the molecule is CC(C)c1cc2c([cH-]c3cc(C(C)(C)C)ccc32)c(C2=CC=CC2)c1C(C)(C)C.[Cl-].[Cl-].[Zr+2]=[C](c1ccccc1)c1ccccc1. The van der Waals surface area contributed by atoms with E-state index in [1.54, 1.807) is 0 Å². The Bertz CT molecular complexity index is 1780. The Hall–Kier alpha value is -2.44. The number of fused-ring (bicyclic) bond motifs is 3. The summed E-state index contributed by atoms with van der Waals surface area (Å²) in [5.74, 6) is 0.501. The van der Waals surface area contributed by atoms with Crippen molar-refractivity contribution in [2.45, 2.75) is 78.6 Å². The van der Waals surface area contributed by atoms with E-state index in [1.807, 2.05) is 0 Å². The number of hydrogen-bond acceptors (Lipinski definition) is 0. The van der Waals surface area contributed by atoms with Gasteiger partial charge in [-0.05, 0) is 23.2 Å². The molecule has 5 aromatic carbocycles. The van der Waals surface area contributed by atoms with Gasteiger partial charge in [-0.3, -0.25) is 0 Å². The fourth-order valence-electron chi connectivity index (χ4n) is 6.25. The molecule has 0 aliphatic heterocycles. The average molecular weight is 712 g/mol. The summed E-state index contributed by atoms with van der Waals surface area (Å²) in [5.41, 5.74) is 10.3. The van der Waals surface area contributed by atoms with Gasteiger partial charge in [-0.2, -0.15) is 0 Å². The quantitative estimate of drug-likeness (QED) is 0.214. The van der Waals surface area contributed by atoms with Crippen LogP contribution in [0.25, 0.3) is 27.1 Å². The molecule has 0 saturated heterocycles. The fourth-order valence-corrected chi connectivity index (χ4v) is 7.07. The standard InChI is InChI=1S/C29H35.C13H10.2ClH.Zr/c1-18(2)23-17-24-22-14-13-21(28(3,4)5)15-20(22)16-25(24)26(19-11-9-10-12-19)27(23)29(6,7)8;1-3-7-12(8-4-1)11-13-9-5-2-6-10-13;;;/h9-11,13-18H,12H2,1-8H3;1-10H;2*1H;/q-1;;;;+2/p-2. The van der Waals surface area contributed by atoms with E-state index in [9.17, 15) is 0 Å². The maximum atomic E-state index is 2.49. The van der Waals surface area contributed by atoms with Crippen molar-refractivity contribution in [2.24, 2.45) is 0 Å². The molecule has 0 bridgehead atoms. The molecule has 6 rings (SSSR count). The molecule has 3 heteroatoms. The zero-order valence-electron chi connectivity index (χ0n) is 27.9. The van der Waals surface area contributed by atoms with E-state index in [-0.39, 0.29) is 35.6 Å². The third-order valence-electron chi connectivity index (χ3n) is 8.49. The van der Waals surface area contributed by atoms with E-state index in [0.29, 0.717) is 5.92 Å². The molecule has 232 valence electrons. The van der Waals surface area contributed by atoms with Crippen LogP contribution in [-0.2, 0) is 35.1 Å². The van der Waals surface area contributed by atoms with Gasteiger partial charge in [0.25, 0.3) is 0 Å². The van der Waals surface area contributed by atoms with Crippen LogP contribution >= 0.6 is 0 Å². The molecule has 0 saturated carbocycles. The van der Waals surface area contributed by atoms with Crippen molar-refractivity contribution in [3.05, 3.63) is 143 Å². The van der Waals surface area contributed by atoms with E-state index in [4.69, 9.17) is 0 Å². The molecule has 0 amide bonds. The summed E-state index contributed by atoms with van der Waals surface area (Å²) in [4.78, 5) is 0. The van der Waals surface area contributed by atoms with Gasteiger partial charge in [0.1, 0.15) is 0 Å². The van der Waals surface area contributed by atoms with Crippen LogP contribution in [0.3, 0.4) is 0 Å². The van der Waals surface area contributed by atoms with Gasteiger partial charge in [-0.15, -0.1) is 33.7 Å². The van der Waals surface area contributed by atoms with Crippen molar-refractivity contribution in [3.8, 4) is 0 Å². The monoisotopic (exact) mass is 709 g/mol. The van der Waals surface area contributed by atoms with Crippen molar-refractivity contribution in [2.75, 3.05) is 0 Å². The van der Waals surface area contributed by atoms with Crippen molar-refractivity contribution in [1.82, 2.24) is 0 Å². The van der Waals surface area contributed by atoms with Gasteiger partial charge in [-0.1, -0.05) is 120 Å². The van der Waals surface area contributed by atoms with Gasteiger partial charge < -0.3 is 24.8 Å². The Labute approximate surface area is 298 Å². The van der Waals surface area contributed by atoms with Crippen LogP contribution < -0.4 is 24.8 Å². The molecule has 0 heterocycles. The summed E-state index contributed by atoms with van der Waals surface area (Å²) in [5, 5.41) is 5.61. The summed E-state index contributed by atoms with van der Waals surface area (Å²) in [7, 11) is 0. The van der Waals surface area contributed by atoms with Gasteiger partial charge in [0.05, 0.1) is 0 Å². The minimum atomic E-state index is 0. The van der Waals surface area contributed by atoms with Crippen molar-refractivity contribution >= 4 is 30.3 Å². The van der Waals surface area contributed by atoms with Crippen LogP contribution in [0.1, 0.15) is 101 Å². The second-order valence-electron chi connectivity index (χ2n) is 14.2. The number of hydrogen-bond donors (Lipinski definition) is 0. The number of benzene rings is 4. The topological polar surface area (TPSA) is 0 Å². The first-order chi connectivity index (χ1) is 20.4. The molecule has 0 atom stereocenters. The molecule has 0 N–H and O–H groups in total. The molecule has 0 aromatic heterocycles. The molecule has 45 heavy (non-hydrogen) atoms. The summed E-state index contributed by atoms with van der Waals surface area (Å²) >= 11 is 1.46. The van der Waals surface area contributed by atoms with E-state index < -0.39 is 0 Å². The molecule has 0 spiro atoms. The molecular weight excluding hydrogens is 667 g/mol. The molecule has 1 aliphatic rings.